The van der Waals surface area contributed by atoms with E-state index in [1.165, 1.54) is 10.6 Å². The molecule has 1 amide bonds. The zero-order valence-corrected chi connectivity index (χ0v) is 17.3. The SMILES string of the molecule is Cc1ccc(CNC(=O)c2ccc3ccc(N4CCN(S(C)(=O)=O)CC4)n3c2)o1. The largest absolute Gasteiger partial charge is 0.465 e. The van der Waals surface area contributed by atoms with Crippen molar-refractivity contribution in [2.24, 2.45) is 0 Å². The van der Waals surface area contributed by atoms with Gasteiger partial charge in [0.05, 0.1) is 18.4 Å². The zero-order chi connectivity index (χ0) is 20.6. The smallest absolute Gasteiger partial charge is 0.253 e. The number of furan rings is 1. The number of aromatic nitrogens is 1. The number of anilines is 1. The molecule has 3 aromatic rings. The van der Waals surface area contributed by atoms with Crippen LogP contribution in [-0.2, 0) is 16.6 Å². The molecule has 0 aromatic carbocycles. The van der Waals surface area contributed by atoms with Crippen LogP contribution in [0, 0.1) is 6.92 Å². The molecule has 154 valence electrons. The molecule has 1 aliphatic rings. The summed E-state index contributed by atoms with van der Waals surface area (Å²) in [5, 5.41) is 2.87. The van der Waals surface area contributed by atoms with Crippen molar-refractivity contribution >= 4 is 27.3 Å². The van der Waals surface area contributed by atoms with Crippen molar-refractivity contribution in [1.82, 2.24) is 14.0 Å². The third-order valence-electron chi connectivity index (χ3n) is 5.14. The minimum absolute atomic E-state index is 0.178. The van der Waals surface area contributed by atoms with Crippen LogP contribution in [0.5, 0.6) is 0 Å². The number of carbonyl (C=O) groups is 1. The van der Waals surface area contributed by atoms with E-state index in [9.17, 15) is 13.2 Å². The van der Waals surface area contributed by atoms with E-state index < -0.39 is 10.0 Å². The number of pyridine rings is 1. The van der Waals surface area contributed by atoms with Gasteiger partial charge in [-0.2, -0.15) is 4.31 Å². The fraction of sp³-hybridized carbons (Fsp3) is 0.350. The van der Waals surface area contributed by atoms with Gasteiger partial charge in [-0.15, -0.1) is 0 Å². The fourth-order valence-corrected chi connectivity index (χ4v) is 4.40. The van der Waals surface area contributed by atoms with Crippen LogP contribution in [0.25, 0.3) is 5.52 Å². The van der Waals surface area contributed by atoms with Gasteiger partial charge in [0.2, 0.25) is 10.0 Å². The van der Waals surface area contributed by atoms with E-state index in [0.29, 0.717) is 44.0 Å². The van der Waals surface area contributed by atoms with Crippen LogP contribution in [0.1, 0.15) is 21.9 Å². The van der Waals surface area contributed by atoms with Gasteiger partial charge in [-0.05, 0) is 43.3 Å². The highest BCUT2D eigenvalue weighted by atomic mass is 32.2. The lowest BCUT2D eigenvalue weighted by atomic mass is 10.2. The highest BCUT2D eigenvalue weighted by Crippen LogP contribution is 2.22. The molecule has 1 saturated heterocycles. The molecule has 0 bridgehead atoms. The van der Waals surface area contributed by atoms with E-state index >= 15 is 0 Å². The standard InChI is InChI=1S/C20H24N4O4S/c1-15-3-7-18(28-15)13-21-20(25)16-4-5-17-6-8-19(24(17)14-16)22-9-11-23(12-10-22)29(2,26)27/h3-8,14H,9-13H2,1-2H3,(H,21,25). The molecule has 0 unspecified atom stereocenters. The Labute approximate surface area is 169 Å². The Kier molecular flexibility index (Phi) is 5.10. The molecule has 9 heteroatoms. The van der Waals surface area contributed by atoms with E-state index in [4.69, 9.17) is 4.42 Å². The first-order valence-electron chi connectivity index (χ1n) is 9.46. The lowest BCUT2D eigenvalue weighted by molar-refractivity contribution is 0.0947. The maximum Gasteiger partial charge on any atom is 0.253 e. The van der Waals surface area contributed by atoms with Crippen LogP contribution in [0.15, 0.2) is 47.0 Å². The number of carbonyl (C=O) groups excluding carboxylic acids is 1. The number of amides is 1. The van der Waals surface area contributed by atoms with E-state index in [1.54, 1.807) is 6.07 Å². The quantitative estimate of drug-likeness (QED) is 0.686. The number of aryl methyl sites for hydroxylation is 1. The third kappa shape index (κ3) is 4.15. The molecule has 0 radical (unpaired) electrons. The Morgan fingerprint density at radius 3 is 2.45 bits per heavy atom. The lowest BCUT2D eigenvalue weighted by Gasteiger charge is -2.34. The summed E-state index contributed by atoms with van der Waals surface area (Å²) in [5.41, 5.74) is 1.52. The van der Waals surface area contributed by atoms with Gasteiger partial charge in [-0.25, -0.2) is 8.42 Å². The number of nitrogens with one attached hydrogen (secondary N) is 1. The summed E-state index contributed by atoms with van der Waals surface area (Å²) in [6, 6.07) is 11.4. The topological polar surface area (TPSA) is 87.3 Å². The average molecular weight is 417 g/mol. The van der Waals surface area contributed by atoms with Gasteiger partial charge >= 0.3 is 0 Å². The number of rotatable bonds is 5. The normalized spacial score (nSPS) is 15.7. The van der Waals surface area contributed by atoms with Crippen molar-refractivity contribution in [2.75, 3.05) is 37.3 Å². The number of hydrogen-bond acceptors (Lipinski definition) is 5. The van der Waals surface area contributed by atoms with Gasteiger partial charge in [-0.3, -0.25) is 4.79 Å². The van der Waals surface area contributed by atoms with Gasteiger partial charge in [0.15, 0.2) is 0 Å². The molecular weight excluding hydrogens is 392 g/mol. The Hall–Kier alpha value is -2.78. The van der Waals surface area contributed by atoms with Crippen molar-refractivity contribution in [3.8, 4) is 0 Å². The zero-order valence-electron chi connectivity index (χ0n) is 16.5. The van der Waals surface area contributed by atoms with Crippen molar-refractivity contribution in [1.29, 1.82) is 0 Å². The van der Waals surface area contributed by atoms with Gasteiger partial charge in [0, 0.05) is 37.9 Å². The predicted molar refractivity (Wildman–Crippen MR) is 111 cm³/mol. The van der Waals surface area contributed by atoms with Gasteiger partial charge < -0.3 is 19.0 Å². The van der Waals surface area contributed by atoms with E-state index in [0.717, 1.165) is 17.1 Å². The second-order valence-electron chi connectivity index (χ2n) is 7.25. The molecule has 8 nitrogen and oxygen atoms in total. The molecule has 0 spiro atoms. The van der Waals surface area contributed by atoms with Crippen LogP contribution in [-0.4, -0.2) is 55.5 Å². The van der Waals surface area contributed by atoms with Crippen LogP contribution in [0.2, 0.25) is 0 Å². The van der Waals surface area contributed by atoms with Crippen LogP contribution in [0.3, 0.4) is 0 Å². The molecule has 1 aliphatic heterocycles. The summed E-state index contributed by atoms with van der Waals surface area (Å²) >= 11 is 0. The number of sulfonamides is 1. The highest BCUT2D eigenvalue weighted by Gasteiger charge is 2.24. The number of nitrogens with zero attached hydrogens (tertiary/aromatic N) is 3. The van der Waals surface area contributed by atoms with Crippen molar-refractivity contribution in [2.45, 2.75) is 13.5 Å². The summed E-state index contributed by atoms with van der Waals surface area (Å²) in [6.45, 7) is 4.31. The Bertz CT molecular complexity index is 1140. The lowest BCUT2D eigenvalue weighted by Crippen LogP contribution is -2.48. The van der Waals surface area contributed by atoms with Crippen molar-refractivity contribution in [3.63, 3.8) is 0 Å². The fourth-order valence-electron chi connectivity index (χ4n) is 3.58. The highest BCUT2D eigenvalue weighted by molar-refractivity contribution is 7.88. The van der Waals surface area contributed by atoms with Crippen LogP contribution >= 0.6 is 0 Å². The second-order valence-corrected chi connectivity index (χ2v) is 9.23. The Morgan fingerprint density at radius 1 is 1.07 bits per heavy atom. The predicted octanol–water partition coefficient (Wildman–Crippen LogP) is 1.85. The summed E-state index contributed by atoms with van der Waals surface area (Å²) in [6.07, 6.45) is 3.06. The van der Waals surface area contributed by atoms with E-state index in [1.807, 2.05) is 47.9 Å². The first-order valence-corrected chi connectivity index (χ1v) is 11.3. The van der Waals surface area contributed by atoms with Gasteiger partial charge in [0.1, 0.15) is 17.3 Å². The first-order chi connectivity index (χ1) is 13.8. The molecule has 0 atom stereocenters. The molecule has 0 aliphatic carbocycles. The third-order valence-corrected chi connectivity index (χ3v) is 6.45. The Morgan fingerprint density at radius 2 is 1.79 bits per heavy atom. The molecule has 1 N–H and O–H groups in total. The minimum atomic E-state index is -3.17. The van der Waals surface area contributed by atoms with Gasteiger partial charge in [0.25, 0.3) is 5.91 Å². The summed E-state index contributed by atoms with van der Waals surface area (Å²) < 4.78 is 32.4. The summed E-state index contributed by atoms with van der Waals surface area (Å²) in [5.74, 6) is 2.29. The first kappa shape index (κ1) is 19.5. The summed E-state index contributed by atoms with van der Waals surface area (Å²) in [7, 11) is -3.17. The van der Waals surface area contributed by atoms with E-state index in [-0.39, 0.29) is 5.91 Å². The van der Waals surface area contributed by atoms with Gasteiger partial charge in [-0.1, -0.05) is 0 Å². The Balaban J connectivity index is 1.50. The molecule has 1 fully saturated rings. The summed E-state index contributed by atoms with van der Waals surface area (Å²) in [4.78, 5) is 14.7. The molecule has 0 saturated carbocycles. The second kappa shape index (κ2) is 7.57. The monoisotopic (exact) mass is 416 g/mol. The molecule has 29 heavy (non-hydrogen) atoms. The maximum atomic E-state index is 12.6. The number of hydrogen-bond donors (Lipinski definition) is 1. The molecular formula is C20H24N4O4S. The van der Waals surface area contributed by atoms with Crippen LogP contribution < -0.4 is 10.2 Å². The van der Waals surface area contributed by atoms with Crippen LogP contribution in [0.4, 0.5) is 5.82 Å². The average Bonchev–Trinajstić information content (AvgIpc) is 3.31. The maximum absolute atomic E-state index is 12.6. The van der Waals surface area contributed by atoms with Crippen molar-refractivity contribution < 1.29 is 17.6 Å². The number of piperazine rings is 1. The van der Waals surface area contributed by atoms with E-state index in [2.05, 4.69) is 10.2 Å². The molecule has 4 rings (SSSR count). The van der Waals surface area contributed by atoms with Crippen molar-refractivity contribution in [3.05, 3.63) is 59.7 Å². The minimum Gasteiger partial charge on any atom is -0.465 e. The molecule has 3 aromatic heterocycles. The number of fused-ring (bicyclic) bond motifs is 1. The molecule has 4 heterocycles.